The first-order valence-corrected chi connectivity index (χ1v) is 9.92. The number of aliphatic carboxylic acids is 1. The van der Waals surface area contributed by atoms with Crippen LogP contribution in [0.15, 0.2) is 39.6 Å². The summed E-state index contributed by atoms with van der Waals surface area (Å²) in [5.41, 5.74) is 2.09. The molecule has 1 aliphatic rings. The normalized spacial score (nSPS) is 17.7. The number of benzene rings is 1. The molecule has 3 rings (SSSR count). The summed E-state index contributed by atoms with van der Waals surface area (Å²) in [4.78, 5) is 18.2. The average molecular weight is 409 g/mol. The molecule has 2 aromatic rings. The Labute approximate surface area is 154 Å². The number of carboxylic acids is 1. The number of carboxylic acid groups (broad SMARTS) is 1. The summed E-state index contributed by atoms with van der Waals surface area (Å²) < 4.78 is 0.743. The maximum absolute atomic E-state index is 11.5. The minimum atomic E-state index is -0.785. The van der Waals surface area contributed by atoms with Gasteiger partial charge in [0, 0.05) is 5.38 Å². The number of rotatable bonds is 6. The minimum absolute atomic E-state index is 0.514. The average Bonchev–Trinajstić information content (AvgIpc) is 3.02. The van der Waals surface area contributed by atoms with Crippen LogP contribution in [0.2, 0.25) is 0 Å². The molecule has 1 saturated heterocycles. The van der Waals surface area contributed by atoms with Crippen LogP contribution in [-0.4, -0.2) is 40.6 Å². The topological polar surface area (TPSA) is 53.4 Å². The second-order valence-corrected chi connectivity index (χ2v) is 8.37. The molecule has 0 saturated carbocycles. The van der Waals surface area contributed by atoms with Crippen LogP contribution in [0.1, 0.15) is 42.4 Å². The molecule has 6 heteroatoms. The number of nitrogens with zero attached hydrogens (tertiary/aromatic N) is 2. The van der Waals surface area contributed by atoms with E-state index in [1.807, 2.05) is 5.38 Å². The lowest BCUT2D eigenvalue weighted by Crippen LogP contribution is -2.34. The van der Waals surface area contributed by atoms with E-state index in [-0.39, 0.29) is 0 Å². The highest BCUT2D eigenvalue weighted by atomic mass is 79.9. The first-order valence-electron chi connectivity index (χ1n) is 8.24. The third kappa shape index (κ3) is 4.43. The molecule has 128 valence electrons. The van der Waals surface area contributed by atoms with Crippen LogP contribution in [0.4, 0.5) is 0 Å². The number of carbonyl (C=O) groups is 1. The fraction of sp³-hybridized carbons (Fsp3) is 0.444. The van der Waals surface area contributed by atoms with Gasteiger partial charge in [-0.3, -0.25) is 4.79 Å². The van der Waals surface area contributed by atoms with Crippen LogP contribution in [0, 0.1) is 0 Å². The van der Waals surface area contributed by atoms with Gasteiger partial charge in [0.25, 0.3) is 0 Å². The van der Waals surface area contributed by atoms with E-state index in [1.165, 1.54) is 16.9 Å². The zero-order valence-electron chi connectivity index (χ0n) is 13.4. The molecular weight excluding hydrogens is 388 g/mol. The van der Waals surface area contributed by atoms with Crippen LogP contribution in [0.25, 0.3) is 0 Å². The van der Waals surface area contributed by atoms with E-state index in [2.05, 4.69) is 56.1 Å². The molecule has 1 unspecified atom stereocenters. The van der Waals surface area contributed by atoms with E-state index >= 15 is 0 Å². The highest BCUT2D eigenvalue weighted by molar-refractivity contribution is 9.11. The second kappa shape index (κ2) is 8.23. The third-order valence-corrected chi connectivity index (χ3v) is 6.12. The van der Waals surface area contributed by atoms with Gasteiger partial charge in [0.2, 0.25) is 0 Å². The summed E-state index contributed by atoms with van der Waals surface area (Å²) in [7, 11) is 0. The van der Waals surface area contributed by atoms with E-state index < -0.39 is 11.9 Å². The van der Waals surface area contributed by atoms with E-state index in [0.717, 1.165) is 36.4 Å². The highest BCUT2D eigenvalue weighted by Gasteiger charge is 2.25. The Kier molecular flexibility index (Phi) is 6.03. The Hall–Kier alpha value is -1.24. The lowest BCUT2D eigenvalue weighted by Gasteiger charge is -2.32. The van der Waals surface area contributed by atoms with Crippen molar-refractivity contribution in [2.45, 2.75) is 31.1 Å². The van der Waals surface area contributed by atoms with Gasteiger partial charge in [-0.1, -0.05) is 30.3 Å². The number of hydrogen-bond donors (Lipinski definition) is 1. The molecule has 1 atom stereocenters. The summed E-state index contributed by atoms with van der Waals surface area (Å²) >= 11 is 4.75. The van der Waals surface area contributed by atoms with Gasteiger partial charge in [-0.25, -0.2) is 4.98 Å². The predicted octanol–water partition coefficient (Wildman–Crippen LogP) is 4.34. The Morgan fingerprint density at radius 2 is 2.04 bits per heavy atom. The summed E-state index contributed by atoms with van der Waals surface area (Å²) in [6.45, 7) is 2.88. The van der Waals surface area contributed by atoms with Gasteiger partial charge in [0.15, 0.2) is 3.92 Å². The molecule has 0 spiro atoms. The maximum atomic E-state index is 11.5. The monoisotopic (exact) mass is 408 g/mol. The Balaban J connectivity index is 1.51. The molecule has 24 heavy (non-hydrogen) atoms. The zero-order valence-corrected chi connectivity index (χ0v) is 15.8. The van der Waals surface area contributed by atoms with Crippen LogP contribution >= 0.6 is 27.3 Å². The first kappa shape index (κ1) is 17.6. The van der Waals surface area contributed by atoms with Gasteiger partial charge in [-0.2, -0.15) is 0 Å². The van der Waals surface area contributed by atoms with Crippen molar-refractivity contribution in [3.8, 4) is 0 Å². The van der Waals surface area contributed by atoms with Gasteiger partial charge in [-0.15, -0.1) is 11.3 Å². The summed E-state index contributed by atoms with van der Waals surface area (Å²) in [5, 5.41) is 11.3. The molecular formula is C18H21BrN2O2S. The molecule has 2 heterocycles. The van der Waals surface area contributed by atoms with Crippen LogP contribution in [-0.2, 0) is 4.79 Å². The number of likely N-dealkylation sites (tertiary alicyclic amines) is 1. The lowest BCUT2D eigenvalue weighted by molar-refractivity contribution is -0.139. The van der Waals surface area contributed by atoms with Gasteiger partial charge >= 0.3 is 5.97 Å². The smallest absolute Gasteiger partial charge is 0.312 e. The van der Waals surface area contributed by atoms with E-state index in [9.17, 15) is 9.90 Å². The molecule has 1 fully saturated rings. The van der Waals surface area contributed by atoms with E-state index in [0.29, 0.717) is 18.0 Å². The summed E-state index contributed by atoms with van der Waals surface area (Å²) in [6.07, 6.45) is 2.90. The van der Waals surface area contributed by atoms with Crippen LogP contribution in [0.3, 0.4) is 0 Å². The van der Waals surface area contributed by atoms with Crippen molar-refractivity contribution < 1.29 is 9.90 Å². The van der Waals surface area contributed by atoms with Crippen molar-refractivity contribution in [1.82, 2.24) is 9.88 Å². The fourth-order valence-corrected chi connectivity index (χ4v) is 4.43. The van der Waals surface area contributed by atoms with Crippen molar-refractivity contribution in [3.63, 3.8) is 0 Å². The van der Waals surface area contributed by atoms with E-state index in [4.69, 9.17) is 0 Å². The highest BCUT2D eigenvalue weighted by Crippen LogP contribution is 2.29. The molecule has 0 radical (unpaired) electrons. The second-order valence-electron chi connectivity index (χ2n) is 6.23. The van der Waals surface area contributed by atoms with Crippen molar-refractivity contribution in [2.75, 3.05) is 19.6 Å². The quantitative estimate of drug-likeness (QED) is 0.771. The molecule has 1 aromatic carbocycles. The van der Waals surface area contributed by atoms with Crippen molar-refractivity contribution in [3.05, 3.63) is 50.9 Å². The molecule has 4 nitrogen and oxygen atoms in total. The first-order chi connectivity index (χ1) is 11.6. The van der Waals surface area contributed by atoms with Crippen molar-refractivity contribution >= 4 is 33.2 Å². The van der Waals surface area contributed by atoms with Crippen LogP contribution in [0.5, 0.6) is 0 Å². The van der Waals surface area contributed by atoms with Crippen molar-refractivity contribution in [2.24, 2.45) is 0 Å². The van der Waals surface area contributed by atoms with Gasteiger partial charge in [0.05, 0.1) is 5.69 Å². The predicted molar refractivity (Wildman–Crippen MR) is 99.7 cm³/mol. The lowest BCUT2D eigenvalue weighted by atomic mass is 9.89. The van der Waals surface area contributed by atoms with Crippen molar-refractivity contribution in [1.29, 1.82) is 0 Å². The SMILES string of the molecule is O=C(O)C(CCN1CCC(c2ccccc2)CC1)c1csc(Br)n1. The largest absolute Gasteiger partial charge is 0.481 e. The Bertz CT molecular complexity index is 669. The number of piperidine rings is 1. The Morgan fingerprint density at radius 3 is 2.62 bits per heavy atom. The molecule has 0 bridgehead atoms. The number of thiazole rings is 1. The molecule has 1 N–H and O–H groups in total. The standard InChI is InChI=1S/C18H21BrN2O2S/c19-18-20-16(12-24-18)15(17(22)23)8-11-21-9-6-14(7-10-21)13-4-2-1-3-5-13/h1-5,12,14-15H,6-11H2,(H,22,23). The molecule has 1 aromatic heterocycles. The Morgan fingerprint density at radius 1 is 1.33 bits per heavy atom. The maximum Gasteiger partial charge on any atom is 0.312 e. The minimum Gasteiger partial charge on any atom is -0.481 e. The number of aromatic nitrogens is 1. The third-order valence-electron chi connectivity index (χ3n) is 4.74. The summed E-state index contributed by atoms with van der Waals surface area (Å²) in [6, 6.07) is 10.7. The van der Waals surface area contributed by atoms with Crippen LogP contribution < -0.4 is 0 Å². The number of halogens is 1. The molecule has 1 aliphatic heterocycles. The van der Waals surface area contributed by atoms with Gasteiger partial charge < -0.3 is 10.0 Å². The zero-order chi connectivity index (χ0) is 16.9. The van der Waals surface area contributed by atoms with Gasteiger partial charge in [0.1, 0.15) is 5.92 Å². The molecule has 0 amide bonds. The number of hydrogen-bond acceptors (Lipinski definition) is 4. The molecule has 0 aliphatic carbocycles. The summed E-state index contributed by atoms with van der Waals surface area (Å²) in [5.74, 6) is -0.668. The van der Waals surface area contributed by atoms with Gasteiger partial charge in [-0.05, 0) is 66.3 Å². The fourth-order valence-electron chi connectivity index (χ4n) is 3.35. The van der Waals surface area contributed by atoms with E-state index in [1.54, 1.807) is 0 Å².